The molecule has 1 amide bonds. The first-order valence-corrected chi connectivity index (χ1v) is 4.44. The summed E-state index contributed by atoms with van der Waals surface area (Å²) >= 11 is 0. The zero-order valence-corrected chi connectivity index (χ0v) is 8.23. The minimum atomic E-state index is -0.500. The summed E-state index contributed by atoms with van der Waals surface area (Å²) in [5.41, 5.74) is 5.85. The maximum Gasteiger partial charge on any atom is 0.268 e. The van der Waals surface area contributed by atoms with Crippen LogP contribution >= 0.6 is 0 Å². The molecular weight excluding hydrogens is 183 g/mol. The highest BCUT2D eigenvalue weighted by Gasteiger charge is 2.10. The molecule has 1 aromatic rings. The minimum absolute atomic E-state index is 0.0524. The van der Waals surface area contributed by atoms with Crippen LogP contribution in [0.5, 0.6) is 0 Å². The second-order valence-electron chi connectivity index (χ2n) is 2.97. The van der Waals surface area contributed by atoms with E-state index in [9.17, 15) is 9.18 Å². The van der Waals surface area contributed by atoms with Crippen LogP contribution in [0, 0.1) is 12.7 Å². The lowest BCUT2D eigenvalue weighted by Gasteiger charge is -2.05. The van der Waals surface area contributed by atoms with E-state index in [1.807, 2.05) is 6.92 Å². The standard InChI is InChI=1S/C10H13FN2O/c1-3-12-13-10(14)8-5-4-7(2)6-9(8)11/h4-6,12H,3H2,1-2H3,(H,13,14). The van der Waals surface area contributed by atoms with Crippen molar-refractivity contribution in [1.82, 2.24) is 10.9 Å². The summed E-state index contributed by atoms with van der Waals surface area (Å²) in [4.78, 5) is 11.3. The molecule has 0 aromatic heterocycles. The van der Waals surface area contributed by atoms with Crippen molar-refractivity contribution in [1.29, 1.82) is 0 Å². The van der Waals surface area contributed by atoms with Crippen LogP contribution in [-0.2, 0) is 0 Å². The summed E-state index contributed by atoms with van der Waals surface area (Å²) in [6, 6.07) is 4.50. The number of rotatable bonds is 3. The summed E-state index contributed by atoms with van der Waals surface area (Å²) in [6.07, 6.45) is 0. The lowest BCUT2D eigenvalue weighted by atomic mass is 10.1. The van der Waals surface area contributed by atoms with Crippen LogP contribution in [0.3, 0.4) is 0 Å². The fourth-order valence-electron chi connectivity index (χ4n) is 1.04. The Balaban J connectivity index is 2.80. The van der Waals surface area contributed by atoms with Crippen LogP contribution in [0.15, 0.2) is 18.2 Å². The molecule has 0 aliphatic rings. The van der Waals surface area contributed by atoms with E-state index in [2.05, 4.69) is 10.9 Å². The van der Waals surface area contributed by atoms with Crippen LogP contribution in [0.2, 0.25) is 0 Å². The van der Waals surface area contributed by atoms with Gasteiger partial charge in [-0.15, -0.1) is 0 Å². The molecule has 76 valence electrons. The van der Waals surface area contributed by atoms with Crippen molar-refractivity contribution in [3.05, 3.63) is 35.1 Å². The molecule has 0 bridgehead atoms. The van der Waals surface area contributed by atoms with Gasteiger partial charge < -0.3 is 0 Å². The molecule has 1 rings (SSSR count). The third kappa shape index (κ3) is 2.53. The highest BCUT2D eigenvalue weighted by atomic mass is 19.1. The number of amides is 1. The molecule has 0 spiro atoms. The zero-order chi connectivity index (χ0) is 10.6. The second-order valence-corrected chi connectivity index (χ2v) is 2.97. The van der Waals surface area contributed by atoms with Crippen LogP contribution < -0.4 is 10.9 Å². The van der Waals surface area contributed by atoms with Gasteiger partial charge in [-0.05, 0) is 24.6 Å². The molecule has 0 unspecified atom stereocenters. The SMILES string of the molecule is CCNNC(=O)c1ccc(C)cc1F. The molecule has 3 nitrogen and oxygen atoms in total. The molecule has 0 atom stereocenters. The summed E-state index contributed by atoms with van der Waals surface area (Å²) in [5.74, 6) is -0.954. The van der Waals surface area contributed by atoms with Gasteiger partial charge in [-0.2, -0.15) is 0 Å². The normalized spacial score (nSPS) is 9.93. The summed E-state index contributed by atoms with van der Waals surface area (Å²) in [5, 5.41) is 0. The van der Waals surface area contributed by atoms with Gasteiger partial charge in [-0.1, -0.05) is 13.0 Å². The van der Waals surface area contributed by atoms with Crippen LogP contribution in [0.1, 0.15) is 22.8 Å². The van der Waals surface area contributed by atoms with Gasteiger partial charge in [-0.3, -0.25) is 10.2 Å². The van der Waals surface area contributed by atoms with E-state index >= 15 is 0 Å². The Morgan fingerprint density at radius 2 is 2.21 bits per heavy atom. The Labute approximate surface area is 82.3 Å². The number of carbonyl (C=O) groups is 1. The Morgan fingerprint density at radius 1 is 1.50 bits per heavy atom. The Kier molecular flexibility index (Phi) is 3.59. The quantitative estimate of drug-likeness (QED) is 0.717. The summed E-state index contributed by atoms with van der Waals surface area (Å²) < 4.78 is 13.2. The van der Waals surface area contributed by atoms with Gasteiger partial charge in [-0.25, -0.2) is 9.82 Å². The molecule has 4 heteroatoms. The van der Waals surface area contributed by atoms with Gasteiger partial charge in [0.15, 0.2) is 0 Å². The molecule has 0 saturated carbocycles. The summed E-state index contributed by atoms with van der Waals surface area (Å²) in [7, 11) is 0. The van der Waals surface area contributed by atoms with E-state index < -0.39 is 11.7 Å². The predicted molar refractivity (Wildman–Crippen MR) is 52.3 cm³/mol. The average molecular weight is 196 g/mol. The number of halogens is 1. The monoisotopic (exact) mass is 196 g/mol. The number of aryl methyl sites for hydroxylation is 1. The molecule has 0 aliphatic heterocycles. The number of hydrogen-bond donors (Lipinski definition) is 2. The first-order chi connectivity index (χ1) is 6.65. The summed E-state index contributed by atoms with van der Waals surface area (Å²) in [6.45, 7) is 4.21. The van der Waals surface area contributed by atoms with Crippen molar-refractivity contribution >= 4 is 5.91 Å². The van der Waals surface area contributed by atoms with Crippen molar-refractivity contribution in [3.63, 3.8) is 0 Å². The number of benzene rings is 1. The van der Waals surface area contributed by atoms with Crippen LogP contribution in [-0.4, -0.2) is 12.5 Å². The fourth-order valence-corrected chi connectivity index (χ4v) is 1.04. The lowest BCUT2D eigenvalue weighted by molar-refractivity contribution is 0.0930. The second kappa shape index (κ2) is 4.72. The Bertz CT molecular complexity index is 339. The molecule has 1 aromatic carbocycles. The molecular formula is C10H13FN2O. The number of carbonyl (C=O) groups excluding carboxylic acids is 1. The van der Waals surface area contributed by atoms with Gasteiger partial charge in [0.2, 0.25) is 0 Å². The smallest absolute Gasteiger partial charge is 0.268 e. The van der Waals surface area contributed by atoms with Gasteiger partial charge in [0.05, 0.1) is 5.56 Å². The number of hydrazine groups is 1. The first kappa shape index (κ1) is 10.7. The van der Waals surface area contributed by atoms with Crippen molar-refractivity contribution < 1.29 is 9.18 Å². The van der Waals surface area contributed by atoms with E-state index in [1.165, 1.54) is 12.1 Å². The molecule has 0 aliphatic carbocycles. The number of hydrogen-bond acceptors (Lipinski definition) is 2. The van der Waals surface area contributed by atoms with Crippen molar-refractivity contribution in [2.24, 2.45) is 0 Å². The van der Waals surface area contributed by atoms with Gasteiger partial charge in [0.1, 0.15) is 5.82 Å². The van der Waals surface area contributed by atoms with Crippen LogP contribution in [0.4, 0.5) is 4.39 Å². The molecule has 0 fully saturated rings. The van der Waals surface area contributed by atoms with Crippen molar-refractivity contribution in [3.8, 4) is 0 Å². The predicted octanol–water partition coefficient (Wildman–Crippen LogP) is 1.39. The van der Waals surface area contributed by atoms with E-state index in [-0.39, 0.29) is 5.56 Å². The molecule has 0 heterocycles. The van der Waals surface area contributed by atoms with Gasteiger partial charge >= 0.3 is 0 Å². The van der Waals surface area contributed by atoms with E-state index in [1.54, 1.807) is 13.0 Å². The Hall–Kier alpha value is -1.42. The maximum absolute atomic E-state index is 13.2. The lowest BCUT2D eigenvalue weighted by Crippen LogP contribution is -2.37. The number of nitrogens with one attached hydrogen (secondary N) is 2. The minimum Gasteiger partial charge on any atom is -0.287 e. The largest absolute Gasteiger partial charge is 0.287 e. The maximum atomic E-state index is 13.2. The Morgan fingerprint density at radius 3 is 2.79 bits per heavy atom. The average Bonchev–Trinajstić information content (AvgIpc) is 2.14. The molecule has 0 radical (unpaired) electrons. The van der Waals surface area contributed by atoms with Gasteiger partial charge in [0.25, 0.3) is 5.91 Å². The van der Waals surface area contributed by atoms with Crippen molar-refractivity contribution in [2.75, 3.05) is 6.54 Å². The van der Waals surface area contributed by atoms with Crippen LogP contribution in [0.25, 0.3) is 0 Å². The first-order valence-electron chi connectivity index (χ1n) is 4.44. The van der Waals surface area contributed by atoms with Crippen molar-refractivity contribution in [2.45, 2.75) is 13.8 Å². The molecule has 2 N–H and O–H groups in total. The van der Waals surface area contributed by atoms with E-state index in [0.717, 1.165) is 5.56 Å². The van der Waals surface area contributed by atoms with Gasteiger partial charge in [0, 0.05) is 6.54 Å². The third-order valence-corrected chi connectivity index (χ3v) is 1.75. The highest BCUT2D eigenvalue weighted by Crippen LogP contribution is 2.09. The highest BCUT2D eigenvalue weighted by molar-refractivity contribution is 5.94. The zero-order valence-electron chi connectivity index (χ0n) is 8.23. The molecule has 14 heavy (non-hydrogen) atoms. The fraction of sp³-hybridized carbons (Fsp3) is 0.300. The molecule has 0 saturated heterocycles. The van der Waals surface area contributed by atoms with E-state index in [0.29, 0.717) is 6.54 Å². The van der Waals surface area contributed by atoms with E-state index in [4.69, 9.17) is 0 Å². The third-order valence-electron chi connectivity index (χ3n) is 1.75. The topological polar surface area (TPSA) is 41.1 Å².